The first-order chi connectivity index (χ1) is 12.3. The summed E-state index contributed by atoms with van der Waals surface area (Å²) in [6, 6.07) is 27.2. The maximum Gasteiger partial charge on any atom is 0.145 e. The number of benzene rings is 3. The molecule has 4 aromatic rings. The monoisotopic (exact) mass is 320 g/mol. The zero-order valence-corrected chi connectivity index (χ0v) is 13.2. The SMILES string of the molecule is N#Cc1cc(C#N)cc(-c2nc3ccccc3n2-c2ccccc2)c1. The number of nitriles is 2. The number of rotatable bonds is 2. The summed E-state index contributed by atoms with van der Waals surface area (Å²) in [5.74, 6) is 0.709. The molecule has 0 aliphatic rings. The Morgan fingerprint density at radius 3 is 2.08 bits per heavy atom. The first-order valence-corrected chi connectivity index (χ1v) is 7.79. The number of hydrogen-bond donors (Lipinski definition) is 0. The highest BCUT2D eigenvalue weighted by molar-refractivity contribution is 5.83. The van der Waals surface area contributed by atoms with Crippen molar-refractivity contribution in [2.75, 3.05) is 0 Å². The van der Waals surface area contributed by atoms with Gasteiger partial charge in [-0.15, -0.1) is 0 Å². The number of hydrogen-bond acceptors (Lipinski definition) is 3. The Hall–Kier alpha value is -3.89. The second kappa shape index (κ2) is 5.96. The lowest BCUT2D eigenvalue weighted by Gasteiger charge is -2.10. The van der Waals surface area contributed by atoms with E-state index in [2.05, 4.69) is 12.1 Å². The third-order valence-electron chi connectivity index (χ3n) is 4.02. The number of imidazole rings is 1. The summed E-state index contributed by atoms with van der Waals surface area (Å²) in [6.07, 6.45) is 0. The van der Waals surface area contributed by atoms with Crippen LogP contribution in [0.1, 0.15) is 11.1 Å². The molecular weight excluding hydrogens is 308 g/mol. The van der Waals surface area contributed by atoms with Gasteiger partial charge in [0, 0.05) is 11.3 Å². The van der Waals surface area contributed by atoms with Crippen LogP contribution in [0.3, 0.4) is 0 Å². The van der Waals surface area contributed by atoms with Gasteiger partial charge in [0.25, 0.3) is 0 Å². The van der Waals surface area contributed by atoms with Gasteiger partial charge in [0.2, 0.25) is 0 Å². The van der Waals surface area contributed by atoms with E-state index in [1.807, 2.05) is 59.2 Å². The summed E-state index contributed by atoms with van der Waals surface area (Å²) >= 11 is 0. The lowest BCUT2D eigenvalue weighted by molar-refractivity contribution is 1.10. The summed E-state index contributed by atoms with van der Waals surface area (Å²) in [4.78, 5) is 4.75. The second-order valence-electron chi connectivity index (χ2n) is 5.62. The molecule has 1 aromatic heterocycles. The predicted molar refractivity (Wildman–Crippen MR) is 95.9 cm³/mol. The van der Waals surface area contributed by atoms with E-state index in [1.54, 1.807) is 18.2 Å². The average molecular weight is 320 g/mol. The maximum absolute atomic E-state index is 9.27. The summed E-state index contributed by atoms with van der Waals surface area (Å²) in [7, 11) is 0. The van der Waals surface area contributed by atoms with Gasteiger partial charge in [-0.1, -0.05) is 30.3 Å². The summed E-state index contributed by atoms with van der Waals surface area (Å²) in [5, 5.41) is 18.5. The molecule has 4 rings (SSSR count). The van der Waals surface area contributed by atoms with Gasteiger partial charge >= 0.3 is 0 Å². The van der Waals surface area contributed by atoms with E-state index in [-0.39, 0.29) is 0 Å². The molecule has 0 bridgehead atoms. The van der Waals surface area contributed by atoms with E-state index in [4.69, 9.17) is 4.98 Å². The second-order valence-corrected chi connectivity index (χ2v) is 5.62. The highest BCUT2D eigenvalue weighted by Gasteiger charge is 2.15. The van der Waals surface area contributed by atoms with Gasteiger partial charge < -0.3 is 0 Å². The van der Waals surface area contributed by atoms with Crippen molar-refractivity contribution in [3.8, 4) is 29.2 Å². The quantitative estimate of drug-likeness (QED) is 0.548. The molecule has 25 heavy (non-hydrogen) atoms. The Morgan fingerprint density at radius 2 is 1.40 bits per heavy atom. The maximum atomic E-state index is 9.27. The molecule has 0 spiro atoms. The fraction of sp³-hybridized carbons (Fsp3) is 0. The topological polar surface area (TPSA) is 65.4 Å². The fourth-order valence-electron chi connectivity index (χ4n) is 2.94. The highest BCUT2D eigenvalue weighted by Crippen LogP contribution is 2.29. The minimum Gasteiger partial charge on any atom is -0.292 e. The van der Waals surface area contributed by atoms with Gasteiger partial charge in [-0.2, -0.15) is 10.5 Å². The Bertz CT molecular complexity index is 1130. The number of aromatic nitrogens is 2. The Balaban J connectivity index is 2.07. The van der Waals surface area contributed by atoms with Gasteiger partial charge in [-0.3, -0.25) is 4.57 Å². The van der Waals surface area contributed by atoms with Gasteiger partial charge in [0.05, 0.1) is 34.3 Å². The zero-order chi connectivity index (χ0) is 17.2. The van der Waals surface area contributed by atoms with Crippen LogP contribution in [0, 0.1) is 22.7 Å². The molecule has 0 fully saturated rings. The van der Waals surface area contributed by atoms with E-state index in [0.29, 0.717) is 17.0 Å². The van der Waals surface area contributed by atoms with Crippen molar-refractivity contribution in [2.45, 2.75) is 0 Å². The molecule has 0 aliphatic heterocycles. The van der Waals surface area contributed by atoms with Crippen LogP contribution in [0.5, 0.6) is 0 Å². The van der Waals surface area contributed by atoms with Crippen molar-refractivity contribution in [1.29, 1.82) is 10.5 Å². The molecule has 1 heterocycles. The van der Waals surface area contributed by atoms with Crippen molar-refractivity contribution in [2.24, 2.45) is 0 Å². The lowest BCUT2D eigenvalue weighted by atomic mass is 10.1. The van der Waals surface area contributed by atoms with Gasteiger partial charge in [0.1, 0.15) is 5.82 Å². The molecule has 0 radical (unpaired) electrons. The van der Waals surface area contributed by atoms with Crippen molar-refractivity contribution in [3.05, 3.63) is 83.9 Å². The van der Waals surface area contributed by atoms with Crippen LogP contribution in [-0.4, -0.2) is 9.55 Å². The molecule has 0 saturated carbocycles. The normalized spacial score (nSPS) is 10.3. The van der Waals surface area contributed by atoms with Crippen LogP contribution < -0.4 is 0 Å². The molecule has 0 aliphatic carbocycles. The molecule has 0 unspecified atom stereocenters. The number of nitrogens with zero attached hydrogens (tertiary/aromatic N) is 4. The third kappa shape index (κ3) is 2.52. The lowest BCUT2D eigenvalue weighted by Crippen LogP contribution is -1.98. The largest absolute Gasteiger partial charge is 0.292 e. The van der Waals surface area contributed by atoms with E-state index in [1.165, 1.54) is 0 Å². The smallest absolute Gasteiger partial charge is 0.145 e. The van der Waals surface area contributed by atoms with Crippen molar-refractivity contribution >= 4 is 11.0 Å². The zero-order valence-electron chi connectivity index (χ0n) is 13.2. The van der Waals surface area contributed by atoms with Crippen LogP contribution in [0.4, 0.5) is 0 Å². The number of fused-ring (bicyclic) bond motifs is 1. The highest BCUT2D eigenvalue weighted by atomic mass is 15.1. The molecule has 4 nitrogen and oxygen atoms in total. The van der Waals surface area contributed by atoms with Crippen LogP contribution in [0.2, 0.25) is 0 Å². The van der Waals surface area contributed by atoms with Gasteiger partial charge in [-0.05, 0) is 42.5 Å². The minimum absolute atomic E-state index is 0.445. The van der Waals surface area contributed by atoms with Crippen LogP contribution in [0.15, 0.2) is 72.8 Å². The van der Waals surface area contributed by atoms with Crippen LogP contribution in [0.25, 0.3) is 28.1 Å². The summed E-state index contributed by atoms with van der Waals surface area (Å²) in [5.41, 5.74) is 4.45. The Morgan fingerprint density at radius 1 is 0.760 bits per heavy atom. The predicted octanol–water partition coefficient (Wildman–Crippen LogP) is 4.44. The fourth-order valence-corrected chi connectivity index (χ4v) is 2.94. The first kappa shape index (κ1) is 14.7. The average Bonchev–Trinajstić information content (AvgIpc) is 3.07. The van der Waals surface area contributed by atoms with Gasteiger partial charge in [0.15, 0.2) is 0 Å². The third-order valence-corrected chi connectivity index (χ3v) is 4.02. The molecule has 3 aromatic carbocycles. The van der Waals surface area contributed by atoms with Crippen LogP contribution >= 0.6 is 0 Å². The minimum atomic E-state index is 0.445. The van der Waals surface area contributed by atoms with Gasteiger partial charge in [-0.25, -0.2) is 4.98 Å². The molecule has 4 heteroatoms. The summed E-state index contributed by atoms with van der Waals surface area (Å²) in [6.45, 7) is 0. The molecule has 0 atom stereocenters. The van der Waals surface area contributed by atoms with Crippen molar-refractivity contribution < 1.29 is 0 Å². The molecule has 0 saturated heterocycles. The van der Waals surface area contributed by atoms with Crippen molar-refractivity contribution in [3.63, 3.8) is 0 Å². The molecule has 0 N–H and O–H groups in total. The number of para-hydroxylation sites is 3. The Kier molecular flexibility index (Phi) is 3.50. The molecular formula is C21H12N4. The van der Waals surface area contributed by atoms with Crippen LogP contribution in [-0.2, 0) is 0 Å². The Labute approximate surface area is 144 Å². The summed E-state index contributed by atoms with van der Waals surface area (Å²) < 4.78 is 2.05. The van der Waals surface area contributed by atoms with E-state index in [9.17, 15) is 10.5 Å². The first-order valence-electron chi connectivity index (χ1n) is 7.79. The standard InChI is InChI=1S/C21H12N4/c22-13-15-10-16(14-23)12-17(11-15)21-24-19-8-4-5-9-20(19)25(21)18-6-2-1-3-7-18/h1-12H. The van der Waals surface area contributed by atoms with E-state index >= 15 is 0 Å². The molecule has 0 amide bonds. The van der Waals surface area contributed by atoms with E-state index in [0.717, 1.165) is 22.3 Å². The van der Waals surface area contributed by atoms with E-state index < -0.39 is 0 Å². The van der Waals surface area contributed by atoms with Crippen molar-refractivity contribution in [1.82, 2.24) is 9.55 Å². The molecule has 116 valence electrons.